The molecule has 10 heteroatoms. The van der Waals surface area contributed by atoms with Crippen LogP contribution in [0.3, 0.4) is 0 Å². The molecular formula is C21H18FN7OS. The maximum absolute atomic E-state index is 14.0. The summed E-state index contributed by atoms with van der Waals surface area (Å²) in [5.74, 6) is 0.207. The molecule has 8 nitrogen and oxygen atoms in total. The van der Waals surface area contributed by atoms with E-state index >= 15 is 0 Å². The van der Waals surface area contributed by atoms with E-state index in [-0.39, 0.29) is 18.4 Å². The van der Waals surface area contributed by atoms with Crippen LogP contribution >= 0.6 is 11.3 Å². The Morgan fingerprint density at radius 1 is 1.19 bits per heavy atom. The van der Waals surface area contributed by atoms with Gasteiger partial charge in [0.25, 0.3) is 0 Å². The second-order valence-electron chi connectivity index (χ2n) is 7.95. The van der Waals surface area contributed by atoms with E-state index < -0.39 is 5.60 Å². The number of nitrogens with zero attached hydrogens (tertiary/aromatic N) is 7. The molecule has 1 aromatic carbocycles. The molecule has 4 aromatic rings. The lowest BCUT2D eigenvalue weighted by atomic mass is 9.81. The highest BCUT2D eigenvalue weighted by Crippen LogP contribution is 2.43. The summed E-state index contributed by atoms with van der Waals surface area (Å²) in [5.41, 5.74) is 1.93. The monoisotopic (exact) mass is 435 g/mol. The van der Waals surface area contributed by atoms with Gasteiger partial charge in [-0.05, 0) is 24.6 Å². The van der Waals surface area contributed by atoms with Crippen LogP contribution in [-0.4, -0.2) is 45.8 Å². The number of aliphatic hydroxyl groups is 1. The van der Waals surface area contributed by atoms with Gasteiger partial charge in [0.15, 0.2) is 5.82 Å². The summed E-state index contributed by atoms with van der Waals surface area (Å²) in [5, 5.41) is 17.0. The highest BCUT2D eigenvalue weighted by molar-refractivity contribution is 7.15. The number of aromatic nitrogens is 6. The summed E-state index contributed by atoms with van der Waals surface area (Å²) >= 11 is 1.63. The molecule has 2 aliphatic heterocycles. The van der Waals surface area contributed by atoms with Crippen molar-refractivity contribution in [2.75, 3.05) is 0 Å². The minimum atomic E-state index is -1.24. The molecular weight excluding hydrogens is 417 g/mol. The van der Waals surface area contributed by atoms with Gasteiger partial charge in [0.2, 0.25) is 0 Å². The largest absolute Gasteiger partial charge is 0.382 e. The lowest BCUT2D eigenvalue weighted by Crippen LogP contribution is -2.51. The molecule has 0 saturated heterocycles. The third-order valence-corrected chi connectivity index (χ3v) is 7.35. The first-order valence-electron chi connectivity index (χ1n) is 9.91. The van der Waals surface area contributed by atoms with Crippen molar-refractivity contribution in [3.05, 3.63) is 65.2 Å². The zero-order valence-corrected chi connectivity index (χ0v) is 17.4. The van der Waals surface area contributed by atoms with E-state index in [4.69, 9.17) is 4.98 Å². The SMILES string of the molecule is CC(N1Cc2nc(-c3cncnc3)sc2C1)C1(O)Cn2ncnc2-c2cc(F)ccc21. The molecule has 0 aliphatic carbocycles. The van der Waals surface area contributed by atoms with Crippen LogP contribution in [0.5, 0.6) is 0 Å². The lowest BCUT2D eigenvalue weighted by molar-refractivity contribution is -0.0650. The third-order valence-electron chi connectivity index (χ3n) is 6.22. The van der Waals surface area contributed by atoms with Crippen molar-refractivity contribution in [1.82, 2.24) is 34.6 Å². The van der Waals surface area contributed by atoms with Crippen LogP contribution in [0.4, 0.5) is 4.39 Å². The van der Waals surface area contributed by atoms with E-state index in [1.807, 2.05) is 6.92 Å². The number of rotatable bonds is 3. The molecule has 0 amide bonds. The Morgan fingerprint density at radius 2 is 2.03 bits per heavy atom. The second-order valence-corrected chi connectivity index (χ2v) is 9.04. The minimum Gasteiger partial charge on any atom is -0.382 e. The highest BCUT2D eigenvalue weighted by Gasteiger charge is 2.46. The van der Waals surface area contributed by atoms with Gasteiger partial charge in [0.1, 0.15) is 29.1 Å². The molecule has 2 atom stereocenters. The van der Waals surface area contributed by atoms with Gasteiger partial charge in [-0.15, -0.1) is 11.3 Å². The first-order chi connectivity index (χ1) is 15.0. The van der Waals surface area contributed by atoms with Crippen LogP contribution in [-0.2, 0) is 25.2 Å². The van der Waals surface area contributed by atoms with Gasteiger partial charge in [-0.2, -0.15) is 5.10 Å². The minimum absolute atomic E-state index is 0.251. The van der Waals surface area contributed by atoms with Crippen LogP contribution in [0.2, 0.25) is 0 Å². The van der Waals surface area contributed by atoms with Crippen LogP contribution in [0.15, 0.2) is 43.2 Å². The molecule has 156 valence electrons. The van der Waals surface area contributed by atoms with E-state index in [0.29, 0.717) is 30.0 Å². The number of benzene rings is 1. The molecule has 0 fully saturated rings. The summed E-state index contributed by atoms with van der Waals surface area (Å²) in [6, 6.07) is 4.22. The summed E-state index contributed by atoms with van der Waals surface area (Å²) in [7, 11) is 0. The molecule has 3 aromatic heterocycles. The molecule has 1 N–H and O–H groups in total. The van der Waals surface area contributed by atoms with Gasteiger partial charge in [-0.1, -0.05) is 6.07 Å². The van der Waals surface area contributed by atoms with Crippen LogP contribution in [0.25, 0.3) is 22.0 Å². The Labute approximate surface area is 181 Å². The van der Waals surface area contributed by atoms with Gasteiger partial charge < -0.3 is 5.11 Å². The van der Waals surface area contributed by atoms with Crippen molar-refractivity contribution in [1.29, 1.82) is 0 Å². The maximum Gasteiger partial charge on any atom is 0.158 e. The van der Waals surface area contributed by atoms with Crippen LogP contribution in [0.1, 0.15) is 23.1 Å². The second kappa shape index (κ2) is 6.71. The summed E-state index contributed by atoms with van der Waals surface area (Å²) < 4.78 is 15.6. The van der Waals surface area contributed by atoms with Gasteiger partial charge in [0.05, 0.1) is 12.2 Å². The fraction of sp³-hybridized carbons (Fsp3) is 0.286. The zero-order valence-electron chi connectivity index (χ0n) is 16.6. The van der Waals surface area contributed by atoms with E-state index in [2.05, 4.69) is 25.0 Å². The molecule has 0 radical (unpaired) electrons. The Balaban J connectivity index is 1.32. The standard InChI is InChI=1S/C21H18FN7OS/c1-12(28-7-17-18(8-28)31-20(27-17)13-5-23-10-24-6-13)21(30)9-29-19(25-11-26-29)15-4-14(22)2-3-16(15)21/h2-6,10-12,30H,7-9H2,1H3. The molecule has 0 saturated carbocycles. The topological polar surface area (TPSA) is 92.8 Å². The maximum atomic E-state index is 14.0. The highest BCUT2D eigenvalue weighted by atomic mass is 32.1. The summed E-state index contributed by atoms with van der Waals surface area (Å²) in [4.78, 5) is 20.6. The number of thiazole rings is 1. The summed E-state index contributed by atoms with van der Waals surface area (Å²) in [6.07, 6.45) is 6.46. The smallest absolute Gasteiger partial charge is 0.158 e. The number of hydrogen-bond donors (Lipinski definition) is 1. The van der Waals surface area contributed by atoms with Gasteiger partial charge >= 0.3 is 0 Å². The van der Waals surface area contributed by atoms with Gasteiger partial charge in [-0.25, -0.2) is 29.0 Å². The first-order valence-corrected chi connectivity index (χ1v) is 10.7. The molecule has 6 rings (SSSR count). The van der Waals surface area contributed by atoms with Crippen molar-refractivity contribution in [3.63, 3.8) is 0 Å². The average Bonchev–Trinajstić information content (AvgIpc) is 3.48. The number of fused-ring (bicyclic) bond motifs is 4. The normalized spacial score (nSPS) is 20.9. The Morgan fingerprint density at radius 3 is 2.84 bits per heavy atom. The van der Waals surface area contributed by atoms with Crippen molar-refractivity contribution in [3.8, 4) is 22.0 Å². The Bertz CT molecular complexity index is 1270. The average molecular weight is 435 g/mol. The van der Waals surface area contributed by atoms with E-state index in [1.165, 1.54) is 29.7 Å². The Hall–Kier alpha value is -3.08. The molecule has 5 heterocycles. The van der Waals surface area contributed by atoms with Crippen LogP contribution < -0.4 is 0 Å². The molecule has 31 heavy (non-hydrogen) atoms. The van der Waals surface area contributed by atoms with Crippen LogP contribution in [0, 0.1) is 5.82 Å². The van der Waals surface area contributed by atoms with E-state index in [9.17, 15) is 9.50 Å². The molecule has 2 unspecified atom stereocenters. The van der Waals surface area contributed by atoms with Crippen molar-refractivity contribution >= 4 is 11.3 Å². The lowest BCUT2D eigenvalue weighted by Gasteiger charge is -2.42. The predicted octanol–water partition coefficient (Wildman–Crippen LogP) is 2.60. The van der Waals surface area contributed by atoms with E-state index in [1.54, 1.807) is 34.5 Å². The van der Waals surface area contributed by atoms with Crippen molar-refractivity contribution < 1.29 is 9.50 Å². The Kier molecular flexibility index (Phi) is 4.04. The molecule has 0 spiro atoms. The van der Waals surface area contributed by atoms with Crippen molar-refractivity contribution in [2.24, 2.45) is 0 Å². The number of hydrogen-bond acceptors (Lipinski definition) is 8. The quantitative estimate of drug-likeness (QED) is 0.529. The van der Waals surface area contributed by atoms with E-state index in [0.717, 1.165) is 16.3 Å². The first kappa shape index (κ1) is 18.7. The molecule has 2 aliphatic rings. The zero-order chi connectivity index (χ0) is 21.2. The summed E-state index contributed by atoms with van der Waals surface area (Å²) in [6.45, 7) is 3.57. The molecule has 0 bridgehead atoms. The van der Waals surface area contributed by atoms with Gasteiger partial charge in [0, 0.05) is 47.5 Å². The third kappa shape index (κ3) is 2.83. The fourth-order valence-electron chi connectivity index (χ4n) is 4.51. The fourth-order valence-corrected chi connectivity index (χ4v) is 5.58. The predicted molar refractivity (Wildman–Crippen MR) is 111 cm³/mol. The number of halogens is 1. The van der Waals surface area contributed by atoms with Gasteiger partial charge in [-0.3, -0.25) is 4.90 Å². The van der Waals surface area contributed by atoms with Crippen molar-refractivity contribution in [2.45, 2.75) is 38.2 Å².